The minimum Gasteiger partial charge on any atom is -0.480 e. The first kappa shape index (κ1) is 20.0. The number of halogens is 1. The van der Waals surface area contributed by atoms with E-state index in [1.807, 2.05) is 31.2 Å². The predicted octanol–water partition coefficient (Wildman–Crippen LogP) is 3.09. The average molecular weight is 490 g/mol. The van der Waals surface area contributed by atoms with Crippen LogP contribution in [0.2, 0.25) is 0 Å². The molecule has 1 amide bonds. The van der Waals surface area contributed by atoms with E-state index >= 15 is 0 Å². The Morgan fingerprint density at radius 2 is 1.89 bits per heavy atom. The number of benzene rings is 2. The molecule has 0 aliphatic carbocycles. The normalized spacial score (nSPS) is 11.8. The highest BCUT2D eigenvalue weighted by Crippen LogP contribution is 2.20. The lowest BCUT2D eigenvalue weighted by atomic mass is 10.1. The predicted molar refractivity (Wildman–Crippen MR) is 115 cm³/mol. The quantitative estimate of drug-likeness (QED) is 0.440. The highest BCUT2D eigenvalue weighted by atomic mass is 127. The first-order valence-corrected chi connectivity index (χ1v) is 9.82. The SMILES string of the molecule is CCNc1ncnc2cc(C(=O)NC(Cc3ccc(I)cc3)C(=O)O)ccc12. The molecule has 0 bridgehead atoms. The Morgan fingerprint density at radius 1 is 1.14 bits per heavy atom. The molecule has 0 radical (unpaired) electrons. The summed E-state index contributed by atoms with van der Waals surface area (Å²) < 4.78 is 1.06. The molecule has 2 aromatic carbocycles. The van der Waals surface area contributed by atoms with E-state index in [0.29, 0.717) is 23.4 Å². The summed E-state index contributed by atoms with van der Waals surface area (Å²) in [7, 11) is 0. The summed E-state index contributed by atoms with van der Waals surface area (Å²) in [5.74, 6) is -0.838. The number of nitrogens with zero attached hydrogens (tertiary/aromatic N) is 2. The van der Waals surface area contributed by atoms with Crippen molar-refractivity contribution in [3.8, 4) is 0 Å². The first-order valence-electron chi connectivity index (χ1n) is 8.74. The van der Waals surface area contributed by atoms with Crippen LogP contribution in [0.1, 0.15) is 22.8 Å². The number of amides is 1. The van der Waals surface area contributed by atoms with Crippen LogP contribution in [0.4, 0.5) is 5.82 Å². The van der Waals surface area contributed by atoms with Crippen LogP contribution in [0, 0.1) is 3.57 Å². The van der Waals surface area contributed by atoms with Gasteiger partial charge in [0.1, 0.15) is 18.2 Å². The number of fused-ring (bicyclic) bond motifs is 1. The number of rotatable bonds is 7. The van der Waals surface area contributed by atoms with E-state index < -0.39 is 17.9 Å². The second-order valence-electron chi connectivity index (χ2n) is 6.18. The Labute approximate surface area is 175 Å². The fourth-order valence-corrected chi connectivity index (χ4v) is 3.16. The molecule has 0 aliphatic heterocycles. The molecule has 3 rings (SSSR count). The van der Waals surface area contributed by atoms with Crippen LogP contribution in [0.15, 0.2) is 48.8 Å². The maximum atomic E-state index is 12.6. The second-order valence-corrected chi connectivity index (χ2v) is 7.43. The molecule has 28 heavy (non-hydrogen) atoms. The molecule has 144 valence electrons. The zero-order valence-electron chi connectivity index (χ0n) is 15.1. The highest BCUT2D eigenvalue weighted by Gasteiger charge is 2.21. The van der Waals surface area contributed by atoms with Crippen molar-refractivity contribution in [2.24, 2.45) is 0 Å². The van der Waals surface area contributed by atoms with Crippen molar-refractivity contribution in [3.05, 3.63) is 63.5 Å². The van der Waals surface area contributed by atoms with Gasteiger partial charge < -0.3 is 15.7 Å². The Bertz CT molecular complexity index is 1010. The number of carbonyl (C=O) groups is 2. The zero-order valence-corrected chi connectivity index (χ0v) is 17.3. The lowest BCUT2D eigenvalue weighted by molar-refractivity contribution is -0.139. The van der Waals surface area contributed by atoms with Gasteiger partial charge >= 0.3 is 5.97 Å². The third kappa shape index (κ3) is 4.75. The van der Waals surface area contributed by atoms with Crippen LogP contribution < -0.4 is 10.6 Å². The molecule has 7 nitrogen and oxygen atoms in total. The minimum atomic E-state index is -1.08. The summed E-state index contributed by atoms with van der Waals surface area (Å²) in [6.45, 7) is 2.68. The van der Waals surface area contributed by atoms with Gasteiger partial charge in [-0.2, -0.15) is 0 Å². The van der Waals surface area contributed by atoms with Gasteiger partial charge in [-0.15, -0.1) is 0 Å². The second kappa shape index (κ2) is 8.96. The molecule has 3 N–H and O–H groups in total. The highest BCUT2D eigenvalue weighted by molar-refractivity contribution is 14.1. The number of carbonyl (C=O) groups excluding carboxylic acids is 1. The van der Waals surface area contributed by atoms with Crippen molar-refractivity contribution in [2.75, 3.05) is 11.9 Å². The molecule has 3 aromatic rings. The first-order chi connectivity index (χ1) is 13.5. The van der Waals surface area contributed by atoms with Gasteiger partial charge in [-0.05, 0) is 65.4 Å². The Balaban J connectivity index is 1.79. The zero-order chi connectivity index (χ0) is 20.1. The molecule has 1 heterocycles. The van der Waals surface area contributed by atoms with E-state index in [2.05, 4.69) is 43.2 Å². The van der Waals surface area contributed by atoms with Crippen molar-refractivity contribution in [2.45, 2.75) is 19.4 Å². The summed E-state index contributed by atoms with van der Waals surface area (Å²) in [6.07, 6.45) is 1.64. The number of carboxylic acids is 1. The molecule has 0 spiro atoms. The standard InChI is InChI=1S/C20H19IN4O3/c1-2-22-18-15-8-5-13(10-16(15)23-11-24-18)19(26)25-17(20(27)28)9-12-3-6-14(21)7-4-12/h3-8,10-11,17H,2,9H2,1H3,(H,25,26)(H,27,28)(H,22,23,24). The molecule has 1 unspecified atom stereocenters. The third-order valence-electron chi connectivity index (χ3n) is 4.20. The van der Waals surface area contributed by atoms with Crippen LogP contribution in [0.25, 0.3) is 10.9 Å². The molecule has 1 aromatic heterocycles. The van der Waals surface area contributed by atoms with E-state index in [0.717, 1.165) is 14.5 Å². The van der Waals surface area contributed by atoms with Gasteiger partial charge in [0.25, 0.3) is 5.91 Å². The molecule has 0 saturated carbocycles. The van der Waals surface area contributed by atoms with Gasteiger partial charge in [-0.3, -0.25) is 4.79 Å². The van der Waals surface area contributed by atoms with Gasteiger partial charge in [-0.25, -0.2) is 14.8 Å². The van der Waals surface area contributed by atoms with E-state index in [4.69, 9.17) is 0 Å². The van der Waals surface area contributed by atoms with Crippen molar-refractivity contribution in [1.82, 2.24) is 15.3 Å². The van der Waals surface area contributed by atoms with Crippen LogP contribution in [-0.2, 0) is 11.2 Å². The van der Waals surface area contributed by atoms with Gasteiger partial charge in [0.2, 0.25) is 0 Å². The Hall–Kier alpha value is -2.75. The fourth-order valence-electron chi connectivity index (χ4n) is 2.80. The summed E-state index contributed by atoms with van der Waals surface area (Å²) in [5.41, 5.74) is 1.81. The molecule has 8 heteroatoms. The van der Waals surface area contributed by atoms with Crippen molar-refractivity contribution < 1.29 is 14.7 Å². The summed E-state index contributed by atoms with van der Waals surface area (Å²) in [4.78, 5) is 32.6. The van der Waals surface area contributed by atoms with Crippen molar-refractivity contribution in [1.29, 1.82) is 0 Å². The fraction of sp³-hybridized carbons (Fsp3) is 0.200. The monoisotopic (exact) mass is 490 g/mol. The summed E-state index contributed by atoms with van der Waals surface area (Å²) in [5, 5.41) is 16.1. The number of aromatic nitrogens is 2. The molecule has 1 atom stereocenters. The van der Waals surface area contributed by atoms with E-state index in [1.54, 1.807) is 18.2 Å². The van der Waals surface area contributed by atoms with Crippen LogP contribution in [0.5, 0.6) is 0 Å². The number of anilines is 1. The van der Waals surface area contributed by atoms with E-state index in [1.165, 1.54) is 6.33 Å². The van der Waals surface area contributed by atoms with Gasteiger partial charge in [0, 0.05) is 27.5 Å². The topological polar surface area (TPSA) is 104 Å². The van der Waals surface area contributed by atoms with Crippen LogP contribution in [-0.4, -0.2) is 39.5 Å². The van der Waals surface area contributed by atoms with Gasteiger partial charge in [0.05, 0.1) is 5.52 Å². The summed E-state index contributed by atoms with van der Waals surface area (Å²) >= 11 is 2.18. The van der Waals surface area contributed by atoms with Crippen LogP contribution >= 0.6 is 22.6 Å². The van der Waals surface area contributed by atoms with Crippen molar-refractivity contribution in [3.63, 3.8) is 0 Å². The smallest absolute Gasteiger partial charge is 0.326 e. The van der Waals surface area contributed by atoms with Crippen LogP contribution in [0.3, 0.4) is 0 Å². The van der Waals surface area contributed by atoms with E-state index in [-0.39, 0.29) is 6.42 Å². The number of hydrogen-bond donors (Lipinski definition) is 3. The minimum absolute atomic E-state index is 0.207. The molecular weight excluding hydrogens is 471 g/mol. The lowest BCUT2D eigenvalue weighted by Gasteiger charge is -2.15. The Kier molecular flexibility index (Phi) is 6.40. The number of carboxylic acid groups (broad SMARTS) is 1. The molecule has 0 aliphatic rings. The van der Waals surface area contributed by atoms with Gasteiger partial charge in [0.15, 0.2) is 0 Å². The number of nitrogens with one attached hydrogen (secondary N) is 2. The van der Waals surface area contributed by atoms with Gasteiger partial charge in [-0.1, -0.05) is 12.1 Å². The molecule has 0 fully saturated rings. The largest absolute Gasteiger partial charge is 0.480 e. The number of hydrogen-bond acceptors (Lipinski definition) is 5. The van der Waals surface area contributed by atoms with Crippen molar-refractivity contribution >= 4 is 51.2 Å². The number of aliphatic carboxylic acids is 1. The van der Waals surface area contributed by atoms with E-state index in [9.17, 15) is 14.7 Å². The molecule has 0 saturated heterocycles. The third-order valence-corrected chi connectivity index (χ3v) is 4.92. The Morgan fingerprint density at radius 3 is 2.57 bits per heavy atom. The maximum Gasteiger partial charge on any atom is 0.326 e. The lowest BCUT2D eigenvalue weighted by Crippen LogP contribution is -2.42. The maximum absolute atomic E-state index is 12.6. The average Bonchev–Trinajstić information content (AvgIpc) is 2.69. The molecular formula is C20H19IN4O3. The summed E-state index contributed by atoms with van der Waals surface area (Å²) in [6, 6.07) is 11.5.